The molecule has 0 atom stereocenters. The quantitative estimate of drug-likeness (QED) is 0.503. The lowest BCUT2D eigenvalue weighted by Gasteiger charge is -2.34. The van der Waals surface area contributed by atoms with Gasteiger partial charge in [0.15, 0.2) is 11.5 Å². The first-order chi connectivity index (χ1) is 17.1. The van der Waals surface area contributed by atoms with Crippen LogP contribution in [0.4, 0.5) is 0 Å². The summed E-state index contributed by atoms with van der Waals surface area (Å²) in [7, 11) is 3.15. The van der Waals surface area contributed by atoms with Crippen molar-refractivity contribution < 1.29 is 14.3 Å². The van der Waals surface area contributed by atoms with Crippen LogP contribution in [-0.2, 0) is 24.2 Å². The minimum atomic E-state index is -0.309. The van der Waals surface area contributed by atoms with Crippen LogP contribution in [0.3, 0.4) is 0 Å². The lowest BCUT2D eigenvalue weighted by molar-refractivity contribution is -0.133. The van der Waals surface area contributed by atoms with Gasteiger partial charge < -0.3 is 19.4 Å². The van der Waals surface area contributed by atoms with Crippen LogP contribution in [0.1, 0.15) is 29.1 Å². The van der Waals surface area contributed by atoms with E-state index in [0.717, 1.165) is 25.2 Å². The van der Waals surface area contributed by atoms with Gasteiger partial charge in [-0.1, -0.05) is 36.4 Å². The van der Waals surface area contributed by atoms with Gasteiger partial charge in [0.2, 0.25) is 5.91 Å². The molecule has 35 heavy (non-hydrogen) atoms. The van der Waals surface area contributed by atoms with Crippen LogP contribution in [0.5, 0.6) is 11.5 Å². The fourth-order valence-electron chi connectivity index (χ4n) is 4.20. The van der Waals surface area contributed by atoms with Gasteiger partial charge in [0.1, 0.15) is 11.5 Å². The van der Waals surface area contributed by atoms with Crippen LogP contribution in [-0.4, -0.2) is 71.3 Å². The van der Waals surface area contributed by atoms with Crippen molar-refractivity contribution >= 4 is 5.91 Å². The van der Waals surface area contributed by atoms with Crippen molar-refractivity contribution in [2.24, 2.45) is 0 Å². The Hall–Kier alpha value is -3.72. The average Bonchev–Trinajstić information content (AvgIpc) is 2.89. The SMILES string of the molecule is COc1ccc(Cc2nnc(CCC(=O)N3CCN(Cc4ccccc4)CC3)c(=O)[nH]2)cc1OC. The Morgan fingerprint density at radius 3 is 2.37 bits per heavy atom. The van der Waals surface area contributed by atoms with Crippen molar-refractivity contribution in [3.8, 4) is 11.5 Å². The number of rotatable bonds is 9. The lowest BCUT2D eigenvalue weighted by atomic mass is 10.1. The minimum absolute atomic E-state index is 0.0416. The second-order valence-corrected chi connectivity index (χ2v) is 8.56. The number of benzene rings is 2. The fourth-order valence-corrected chi connectivity index (χ4v) is 4.20. The van der Waals surface area contributed by atoms with Gasteiger partial charge in [-0.25, -0.2) is 0 Å². The molecule has 1 amide bonds. The third kappa shape index (κ3) is 6.45. The van der Waals surface area contributed by atoms with E-state index < -0.39 is 0 Å². The molecule has 1 aromatic heterocycles. The van der Waals surface area contributed by atoms with Gasteiger partial charge in [0.05, 0.1) is 14.2 Å². The maximum absolute atomic E-state index is 12.7. The summed E-state index contributed by atoms with van der Waals surface area (Å²) in [4.78, 5) is 32.2. The number of methoxy groups -OCH3 is 2. The molecule has 2 heterocycles. The first-order valence-electron chi connectivity index (χ1n) is 11.8. The number of carbonyl (C=O) groups is 1. The molecule has 1 fully saturated rings. The number of aromatic amines is 1. The standard InChI is InChI=1S/C26H31N5O4/c1-34-22-10-8-20(16-23(22)35-2)17-24-27-26(33)21(28-29-24)9-11-25(32)31-14-12-30(13-15-31)18-19-6-4-3-5-7-19/h3-8,10,16H,9,11-15,17-18H2,1-2H3,(H,27,29,33). The monoisotopic (exact) mass is 477 g/mol. The topological polar surface area (TPSA) is 101 Å². The van der Waals surface area contributed by atoms with E-state index in [4.69, 9.17) is 9.47 Å². The van der Waals surface area contributed by atoms with Crippen LogP contribution >= 0.6 is 0 Å². The second-order valence-electron chi connectivity index (χ2n) is 8.56. The third-order valence-corrected chi connectivity index (χ3v) is 6.18. The number of amides is 1. The highest BCUT2D eigenvalue weighted by molar-refractivity contribution is 5.76. The zero-order valence-electron chi connectivity index (χ0n) is 20.2. The predicted molar refractivity (Wildman–Crippen MR) is 132 cm³/mol. The molecule has 3 aromatic rings. The lowest BCUT2D eigenvalue weighted by Crippen LogP contribution is -2.48. The number of ether oxygens (including phenoxy) is 2. The summed E-state index contributed by atoms with van der Waals surface area (Å²) in [6, 6.07) is 15.9. The fraction of sp³-hybridized carbons (Fsp3) is 0.385. The highest BCUT2D eigenvalue weighted by Gasteiger charge is 2.21. The summed E-state index contributed by atoms with van der Waals surface area (Å²) < 4.78 is 10.6. The number of piperazine rings is 1. The van der Waals surface area contributed by atoms with Gasteiger partial charge in [0, 0.05) is 52.0 Å². The Morgan fingerprint density at radius 2 is 1.69 bits per heavy atom. The molecule has 0 unspecified atom stereocenters. The Balaban J connectivity index is 1.27. The van der Waals surface area contributed by atoms with E-state index in [0.29, 0.717) is 36.8 Å². The molecular weight excluding hydrogens is 446 g/mol. The molecule has 0 radical (unpaired) electrons. The summed E-state index contributed by atoms with van der Waals surface area (Å²) in [5.41, 5.74) is 2.15. The Bertz CT molecular complexity index is 1190. The van der Waals surface area contributed by atoms with Crippen LogP contribution in [0.25, 0.3) is 0 Å². The molecule has 1 aliphatic heterocycles. The Morgan fingerprint density at radius 1 is 0.943 bits per heavy atom. The number of hydrogen-bond acceptors (Lipinski definition) is 7. The Labute approximate surface area is 204 Å². The van der Waals surface area contributed by atoms with Crippen LogP contribution in [0, 0.1) is 0 Å². The maximum atomic E-state index is 12.7. The first kappa shape index (κ1) is 24.4. The van der Waals surface area contributed by atoms with E-state index in [1.807, 2.05) is 35.2 Å². The second kappa shape index (κ2) is 11.6. The number of nitrogens with zero attached hydrogens (tertiary/aromatic N) is 4. The number of aromatic nitrogens is 3. The minimum Gasteiger partial charge on any atom is -0.493 e. The summed E-state index contributed by atoms with van der Waals surface area (Å²) in [6.45, 7) is 3.96. The van der Waals surface area contributed by atoms with E-state index in [1.54, 1.807) is 20.3 Å². The number of H-pyrrole nitrogens is 1. The van der Waals surface area contributed by atoms with E-state index >= 15 is 0 Å². The van der Waals surface area contributed by atoms with Gasteiger partial charge in [-0.2, -0.15) is 0 Å². The highest BCUT2D eigenvalue weighted by Crippen LogP contribution is 2.28. The molecule has 9 heteroatoms. The summed E-state index contributed by atoms with van der Waals surface area (Å²) >= 11 is 0. The molecule has 9 nitrogen and oxygen atoms in total. The van der Waals surface area contributed by atoms with Gasteiger partial charge in [-0.3, -0.25) is 14.5 Å². The van der Waals surface area contributed by atoms with Gasteiger partial charge >= 0.3 is 0 Å². The Kier molecular flexibility index (Phi) is 8.10. The van der Waals surface area contributed by atoms with E-state index in [2.05, 4.69) is 32.2 Å². The average molecular weight is 478 g/mol. The van der Waals surface area contributed by atoms with E-state index in [9.17, 15) is 9.59 Å². The molecule has 1 saturated heterocycles. The van der Waals surface area contributed by atoms with Crippen molar-refractivity contribution in [3.05, 3.63) is 81.5 Å². The molecule has 2 aromatic carbocycles. The molecule has 184 valence electrons. The van der Waals surface area contributed by atoms with Crippen molar-refractivity contribution in [1.82, 2.24) is 25.0 Å². The van der Waals surface area contributed by atoms with Crippen molar-refractivity contribution in [2.45, 2.75) is 25.8 Å². The molecule has 0 spiro atoms. The van der Waals surface area contributed by atoms with E-state index in [-0.39, 0.29) is 30.0 Å². The number of hydrogen-bond donors (Lipinski definition) is 1. The smallest absolute Gasteiger partial charge is 0.272 e. The number of carbonyl (C=O) groups excluding carboxylic acids is 1. The third-order valence-electron chi connectivity index (χ3n) is 6.18. The summed E-state index contributed by atoms with van der Waals surface area (Å²) in [5, 5.41) is 8.26. The molecule has 0 bridgehead atoms. The zero-order chi connectivity index (χ0) is 24.6. The van der Waals surface area contributed by atoms with Crippen LogP contribution in [0.2, 0.25) is 0 Å². The largest absolute Gasteiger partial charge is 0.493 e. The van der Waals surface area contributed by atoms with Crippen molar-refractivity contribution in [1.29, 1.82) is 0 Å². The normalized spacial score (nSPS) is 14.1. The maximum Gasteiger partial charge on any atom is 0.272 e. The predicted octanol–water partition coefficient (Wildman–Crippen LogP) is 2.05. The number of aryl methyl sites for hydroxylation is 1. The van der Waals surface area contributed by atoms with Gasteiger partial charge in [-0.05, 0) is 23.3 Å². The van der Waals surface area contributed by atoms with Crippen LogP contribution in [0.15, 0.2) is 53.3 Å². The van der Waals surface area contributed by atoms with Gasteiger partial charge in [-0.15, -0.1) is 10.2 Å². The highest BCUT2D eigenvalue weighted by atomic mass is 16.5. The van der Waals surface area contributed by atoms with Crippen molar-refractivity contribution in [3.63, 3.8) is 0 Å². The summed E-state index contributed by atoms with van der Waals surface area (Å²) in [5.74, 6) is 1.73. The molecule has 4 rings (SSSR count). The molecule has 0 aliphatic carbocycles. The molecule has 1 aliphatic rings. The molecule has 0 saturated carbocycles. The van der Waals surface area contributed by atoms with Crippen molar-refractivity contribution in [2.75, 3.05) is 40.4 Å². The molecule has 1 N–H and O–H groups in total. The molecular formula is C26H31N5O4. The van der Waals surface area contributed by atoms with Crippen LogP contribution < -0.4 is 15.0 Å². The summed E-state index contributed by atoms with van der Waals surface area (Å²) in [6.07, 6.45) is 0.905. The van der Waals surface area contributed by atoms with E-state index in [1.165, 1.54) is 5.56 Å². The first-order valence-corrected chi connectivity index (χ1v) is 11.8. The number of nitrogens with one attached hydrogen (secondary N) is 1. The zero-order valence-corrected chi connectivity index (χ0v) is 20.2. The van der Waals surface area contributed by atoms with Gasteiger partial charge in [0.25, 0.3) is 5.56 Å².